The standard InChI is InChI=1S/C7H16O3.CH2Cl2/c1-4-8-7(9-5-2)10-6-3;2-1-3/h7H,4-6H2,1-3H3;1H2. The van der Waals surface area contributed by atoms with Crippen LogP contribution < -0.4 is 0 Å². The van der Waals surface area contributed by atoms with Gasteiger partial charge in [0.05, 0.1) is 5.34 Å². The lowest BCUT2D eigenvalue weighted by molar-refractivity contribution is -0.282. The number of ether oxygens (including phenoxy) is 3. The van der Waals surface area contributed by atoms with E-state index < -0.39 is 6.48 Å². The molecule has 0 amide bonds. The zero-order chi connectivity index (χ0) is 10.5. The smallest absolute Gasteiger partial charge is 0.271 e. The van der Waals surface area contributed by atoms with E-state index in [4.69, 9.17) is 37.4 Å². The highest BCUT2D eigenvalue weighted by molar-refractivity contribution is 6.40. The molecule has 0 aromatic rings. The van der Waals surface area contributed by atoms with Gasteiger partial charge in [0.2, 0.25) is 0 Å². The molecular formula is C8H18Cl2O3. The molecule has 0 fully saturated rings. The summed E-state index contributed by atoms with van der Waals surface area (Å²) in [6.07, 6.45) is 0. The summed E-state index contributed by atoms with van der Waals surface area (Å²) in [6.45, 7) is 7.10. The molecule has 5 heteroatoms. The maximum Gasteiger partial charge on any atom is 0.271 e. The van der Waals surface area contributed by atoms with Crippen LogP contribution in [0.4, 0.5) is 0 Å². The van der Waals surface area contributed by atoms with Crippen molar-refractivity contribution >= 4 is 23.2 Å². The van der Waals surface area contributed by atoms with Crippen molar-refractivity contribution in [1.29, 1.82) is 0 Å². The van der Waals surface area contributed by atoms with Crippen LogP contribution in [0.15, 0.2) is 0 Å². The van der Waals surface area contributed by atoms with Crippen molar-refractivity contribution in [1.82, 2.24) is 0 Å². The lowest BCUT2D eigenvalue weighted by atomic mass is 10.8. The van der Waals surface area contributed by atoms with Gasteiger partial charge in [-0.25, -0.2) is 0 Å². The molecule has 0 heterocycles. The van der Waals surface area contributed by atoms with Gasteiger partial charge in [-0.2, -0.15) is 0 Å². The summed E-state index contributed by atoms with van der Waals surface area (Å²) in [5, 5.41) is 0.194. The average Bonchev–Trinajstić information content (AvgIpc) is 2.07. The highest BCUT2D eigenvalue weighted by Gasteiger charge is 2.04. The van der Waals surface area contributed by atoms with Crippen LogP contribution in [-0.4, -0.2) is 31.6 Å². The van der Waals surface area contributed by atoms with Crippen LogP contribution in [0.5, 0.6) is 0 Å². The fourth-order valence-electron chi connectivity index (χ4n) is 0.553. The molecule has 0 bridgehead atoms. The molecule has 82 valence electrons. The molecule has 0 N–H and O–H groups in total. The van der Waals surface area contributed by atoms with Crippen molar-refractivity contribution in [2.24, 2.45) is 0 Å². The molecule has 0 aliphatic carbocycles. The van der Waals surface area contributed by atoms with Gasteiger partial charge in [0.25, 0.3) is 6.48 Å². The Morgan fingerprint density at radius 2 is 1.08 bits per heavy atom. The molecule has 0 rings (SSSR count). The molecular weight excluding hydrogens is 215 g/mol. The fraction of sp³-hybridized carbons (Fsp3) is 1.00. The third kappa shape index (κ3) is 15.2. The van der Waals surface area contributed by atoms with Gasteiger partial charge in [-0.15, -0.1) is 23.2 Å². The lowest BCUT2D eigenvalue weighted by Crippen LogP contribution is -2.20. The number of rotatable bonds is 6. The molecule has 0 saturated carbocycles. The van der Waals surface area contributed by atoms with Gasteiger partial charge in [0.1, 0.15) is 0 Å². The maximum atomic E-state index is 5.08. The Morgan fingerprint density at radius 3 is 1.23 bits per heavy atom. The average molecular weight is 233 g/mol. The number of hydrogen-bond donors (Lipinski definition) is 0. The minimum Gasteiger partial charge on any atom is -0.330 e. The molecule has 0 aliphatic heterocycles. The van der Waals surface area contributed by atoms with Crippen LogP contribution in [0.25, 0.3) is 0 Å². The Kier molecular flexibility index (Phi) is 18.3. The quantitative estimate of drug-likeness (QED) is 0.521. The van der Waals surface area contributed by atoms with Crippen molar-refractivity contribution in [2.45, 2.75) is 27.2 Å². The minimum atomic E-state index is -0.472. The van der Waals surface area contributed by atoms with Gasteiger partial charge in [-0.3, -0.25) is 0 Å². The predicted octanol–water partition coefficient (Wildman–Crippen LogP) is 2.80. The van der Waals surface area contributed by atoms with E-state index in [0.29, 0.717) is 19.8 Å². The molecule has 0 unspecified atom stereocenters. The monoisotopic (exact) mass is 232 g/mol. The Morgan fingerprint density at radius 1 is 0.846 bits per heavy atom. The Bertz CT molecular complexity index is 69.5. The van der Waals surface area contributed by atoms with E-state index in [9.17, 15) is 0 Å². The van der Waals surface area contributed by atoms with Gasteiger partial charge in [0, 0.05) is 19.8 Å². The van der Waals surface area contributed by atoms with E-state index in [1.54, 1.807) is 0 Å². The first-order valence-electron chi connectivity index (χ1n) is 4.23. The van der Waals surface area contributed by atoms with E-state index >= 15 is 0 Å². The van der Waals surface area contributed by atoms with Gasteiger partial charge in [0.15, 0.2) is 0 Å². The Hall–Kier alpha value is 0.460. The summed E-state index contributed by atoms with van der Waals surface area (Å²) >= 11 is 9.53. The van der Waals surface area contributed by atoms with Crippen molar-refractivity contribution in [3.05, 3.63) is 0 Å². The molecule has 0 atom stereocenters. The van der Waals surface area contributed by atoms with Gasteiger partial charge in [-0.1, -0.05) is 0 Å². The summed E-state index contributed by atoms with van der Waals surface area (Å²) in [7, 11) is 0. The van der Waals surface area contributed by atoms with Crippen LogP contribution in [0, 0.1) is 0 Å². The molecule has 0 saturated heterocycles. The van der Waals surface area contributed by atoms with Crippen LogP contribution in [-0.2, 0) is 14.2 Å². The maximum absolute atomic E-state index is 5.08. The third-order valence-electron chi connectivity index (χ3n) is 0.908. The fourth-order valence-corrected chi connectivity index (χ4v) is 0.553. The summed E-state index contributed by atoms with van der Waals surface area (Å²) in [4.78, 5) is 0. The molecule has 3 nitrogen and oxygen atoms in total. The zero-order valence-corrected chi connectivity index (χ0v) is 9.90. The zero-order valence-electron chi connectivity index (χ0n) is 8.39. The molecule has 13 heavy (non-hydrogen) atoms. The molecule has 0 aromatic carbocycles. The van der Waals surface area contributed by atoms with E-state index in [-0.39, 0.29) is 5.34 Å². The largest absolute Gasteiger partial charge is 0.330 e. The summed E-state index contributed by atoms with van der Waals surface area (Å²) in [6, 6.07) is 0. The summed E-state index contributed by atoms with van der Waals surface area (Å²) < 4.78 is 15.2. The van der Waals surface area contributed by atoms with Gasteiger partial charge < -0.3 is 14.2 Å². The van der Waals surface area contributed by atoms with Crippen LogP contribution in [0.1, 0.15) is 20.8 Å². The van der Waals surface area contributed by atoms with Crippen molar-refractivity contribution in [2.75, 3.05) is 25.2 Å². The van der Waals surface area contributed by atoms with E-state index in [0.717, 1.165) is 0 Å². The van der Waals surface area contributed by atoms with Gasteiger partial charge in [-0.05, 0) is 20.8 Å². The van der Waals surface area contributed by atoms with Gasteiger partial charge >= 0.3 is 0 Å². The Balaban J connectivity index is 0. The number of alkyl halides is 2. The van der Waals surface area contributed by atoms with Crippen LogP contribution in [0.3, 0.4) is 0 Å². The summed E-state index contributed by atoms with van der Waals surface area (Å²) in [5.41, 5.74) is 0. The predicted molar refractivity (Wildman–Crippen MR) is 55.2 cm³/mol. The van der Waals surface area contributed by atoms with Crippen molar-refractivity contribution in [3.8, 4) is 0 Å². The first-order chi connectivity index (χ1) is 6.26. The van der Waals surface area contributed by atoms with E-state index in [2.05, 4.69) is 0 Å². The topological polar surface area (TPSA) is 27.7 Å². The number of halogens is 2. The van der Waals surface area contributed by atoms with Crippen molar-refractivity contribution < 1.29 is 14.2 Å². The van der Waals surface area contributed by atoms with E-state index in [1.807, 2.05) is 20.8 Å². The normalized spacial score (nSPS) is 9.69. The second-order valence-electron chi connectivity index (χ2n) is 1.76. The Labute approximate surface area is 90.2 Å². The second kappa shape index (κ2) is 15.0. The van der Waals surface area contributed by atoms with Crippen LogP contribution >= 0.6 is 23.2 Å². The third-order valence-corrected chi connectivity index (χ3v) is 0.908. The first-order valence-corrected chi connectivity index (χ1v) is 5.30. The van der Waals surface area contributed by atoms with E-state index in [1.165, 1.54) is 0 Å². The number of hydrogen-bond acceptors (Lipinski definition) is 3. The first kappa shape index (κ1) is 15.9. The lowest BCUT2D eigenvalue weighted by Gasteiger charge is -2.15. The molecule has 0 aromatic heterocycles. The molecule has 0 spiro atoms. The highest BCUT2D eigenvalue weighted by Crippen LogP contribution is 1.95. The minimum absolute atomic E-state index is 0.194. The summed E-state index contributed by atoms with van der Waals surface area (Å²) in [5.74, 6) is 0. The molecule has 0 radical (unpaired) electrons. The van der Waals surface area contributed by atoms with Crippen LogP contribution in [0.2, 0.25) is 0 Å². The second-order valence-corrected chi connectivity index (χ2v) is 2.56. The SMILES string of the molecule is CCOC(OCC)OCC.ClCCl. The highest BCUT2D eigenvalue weighted by atomic mass is 35.5. The molecule has 0 aliphatic rings. The van der Waals surface area contributed by atoms with Crippen molar-refractivity contribution in [3.63, 3.8) is 0 Å².